The number of rotatable bonds is 9. The maximum atomic E-state index is 15.1. The van der Waals surface area contributed by atoms with Crippen LogP contribution in [0.1, 0.15) is 40.2 Å². The topological polar surface area (TPSA) is 131 Å². The molecule has 14 heteroatoms. The molecule has 0 spiro atoms. The average molecular weight is 660 g/mol. The standard InChI is InChI=1S/C30H22ClF3N4O4S2/c31-21-6-4-17(13-23(21)33)19-12-18(5-7-22(19)32)28-20(9-16-3-8-27(24(34)10-16)44(35,41)42)26(11-15-1-2-15)38(37-28)30-36-25(14-43-30)29(39)40/h3-8,10,12-15H,1-2,9,11H2,(H3-,35,39,40,41,42)/p+1. The molecule has 0 radical (unpaired) electrons. The minimum Gasteiger partial charge on any atom is -0.476 e. The summed E-state index contributed by atoms with van der Waals surface area (Å²) < 4.78 is 67.4. The normalized spacial score (nSPS) is 14.5. The van der Waals surface area contributed by atoms with Crippen molar-refractivity contribution in [1.82, 2.24) is 14.8 Å². The van der Waals surface area contributed by atoms with E-state index in [1.807, 2.05) is 0 Å². The van der Waals surface area contributed by atoms with Gasteiger partial charge in [-0.15, -0.1) is 16.5 Å². The van der Waals surface area contributed by atoms with Gasteiger partial charge in [0.1, 0.15) is 11.6 Å². The Balaban J connectivity index is 1.54. The van der Waals surface area contributed by atoms with Crippen molar-refractivity contribution in [3.8, 4) is 27.5 Å². The molecule has 226 valence electrons. The molecule has 1 unspecified atom stereocenters. The number of benzene rings is 3. The molecule has 0 bridgehead atoms. The van der Waals surface area contributed by atoms with E-state index >= 15 is 4.39 Å². The Labute approximate surface area is 259 Å². The zero-order chi connectivity index (χ0) is 31.3. The molecule has 1 atom stereocenters. The third-order valence-electron chi connectivity index (χ3n) is 7.32. The average Bonchev–Trinajstić information content (AvgIpc) is 3.52. The van der Waals surface area contributed by atoms with Crippen LogP contribution < -0.4 is 5.14 Å². The van der Waals surface area contributed by atoms with E-state index in [1.165, 1.54) is 41.8 Å². The highest BCUT2D eigenvalue weighted by atomic mass is 35.5. The van der Waals surface area contributed by atoms with Crippen LogP contribution in [0.5, 0.6) is 0 Å². The lowest BCUT2D eigenvalue weighted by atomic mass is 9.95. The van der Waals surface area contributed by atoms with Gasteiger partial charge in [-0.1, -0.05) is 23.7 Å². The van der Waals surface area contributed by atoms with Gasteiger partial charge in [0.25, 0.3) is 0 Å². The molecule has 0 amide bonds. The molecule has 0 aliphatic heterocycles. The van der Waals surface area contributed by atoms with Crippen LogP contribution in [-0.4, -0.2) is 30.4 Å². The SMILES string of the molecule is N[S+](=O)(O)c1ccc(Cc2c(-c3ccc(F)c(-c4ccc(Cl)c(F)c4)c3)nn(-c3nc(C(=O)O)cs3)c2CC2CC2)cc1F. The Hall–Kier alpha value is -3.88. The molecule has 44 heavy (non-hydrogen) atoms. The fraction of sp³-hybridized carbons (Fsp3) is 0.167. The minimum absolute atomic E-state index is 0.0979. The second kappa shape index (κ2) is 11.6. The summed E-state index contributed by atoms with van der Waals surface area (Å²) in [7, 11) is -4.03. The lowest BCUT2D eigenvalue weighted by Crippen LogP contribution is -2.22. The van der Waals surface area contributed by atoms with Crippen LogP contribution in [-0.2, 0) is 27.5 Å². The van der Waals surface area contributed by atoms with Gasteiger partial charge >= 0.3 is 16.4 Å². The summed E-state index contributed by atoms with van der Waals surface area (Å²) in [5, 5.41) is 21.1. The molecule has 1 aliphatic rings. The number of aromatic carboxylic acids is 1. The van der Waals surface area contributed by atoms with Crippen molar-refractivity contribution in [2.45, 2.75) is 30.6 Å². The second-order valence-electron chi connectivity index (χ2n) is 10.5. The van der Waals surface area contributed by atoms with Crippen molar-refractivity contribution >= 4 is 39.3 Å². The Morgan fingerprint density at radius 3 is 2.43 bits per heavy atom. The van der Waals surface area contributed by atoms with E-state index in [1.54, 1.807) is 4.68 Å². The van der Waals surface area contributed by atoms with Crippen LogP contribution >= 0.6 is 22.9 Å². The zero-order valence-corrected chi connectivity index (χ0v) is 25.0. The highest BCUT2D eigenvalue weighted by Crippen LogP contribution is 2.39. The smallest absolute Gasteiger partial charge is 0.355 e. The highest BCUT2D eigenvalue weighted by Gasteiger charge is 2.31. The number of nitrogens with two attached hydrogens (primary N) is 1. The maximum Gasteiger partial charge on any atom is 0.355 e. The van der Waals surface area contributed by atoms with Crippen molar-refractivity contribution in [2.24, 2.45) is 11.1 Å². The third-order valence-corrected chi connectivity index (χ3v) is 9.41. The van der Waals surface area contributed by atoms with Crippen molar-refractivity contribution in [2.75, 3.05) is 0 Å². The zero-order valence-electron chi connectivity index (χ0n) is 22.6. The molecule has 1 saturated carbocycles. The van der Waals surface area contributed by atoms with Crippen LogP contribution in [0.3, 0.4) is 0 Å². The fourth-order valence-corrected chi connectivity index (χ4v) is 6.47. The first-order chi connectivity index (χ1) is 20.9. The third kappa shape index (κ3) is 6.06. The Morgan fingerprint density at radius 2 is 1.80 bits per heavy atom. The molecular weight excluding hydrogens is 637 g/mol. The van der Waals surface area contributed by atoms with Gasteiger partial charge in [-0.05, 0) is 76.9 Å². The number of carboxylic acid groups (broad SMARTS) is 1. The summed E-state index contributed by atoms with van der Waals surface area (Å²) in [6.45, 7) is 0. The number of nitrogens with zero attached hydrogens (tertiary/aromatic N) is 3. The summed E-state index contributed by atoms with van der Waals surface area (Å²) in [5.74, 6) is -3.12. The Morgan fingerprint density at radius 1 is 1.05 bits per heavy atom. The first-order valence-electron chi connectivity index (χ1n) is 13.3. The number of aromatic nitrogens is 3. The van der Waals surface area contributed by atoms with Gasteiger partial charge in [0.15, 0.2) is 11.5 Å². The number of carbonyl (C=O) groups is 1. The van der Waals surface area contributed by atoms with Gasteiger partial charge in [-0.2, -0.15) is 9.65 Å². The Kier molecular flexibility index (Phi) is 7.92. The summed E-state index contributed by atoms with van der Waals surface area (Å²) in [6, 6.07) is 12.0. The van der Waals surface area contributed by atoms with Crippen molar-refractivity contribution in [3.05, 3.63) is 105 Å². The van der Waals surface area contributed by atoms with Crippen LogP contribution in [0.25, 0.3) is 27.5 Å². The van der Waals surface area contributed by atoms with Crippen molar-refractivity contribution in [1.29, 1.82) is 0 Å². The molecular formula is C30H23ClF3N4O4S2+. The number of hydrogen-bond acceptors (Lipinski definition) is 5. The van der Waals surface area contributed by atoms with E-state index in [-0.39, 0.29) is 28.3 Å². The highest BCUT2D eigenvalue weighted by molar-refractivity contribution is 7.95. The molecule has 1 aliphatic carbocycles. The second-order valence-corrected chi connectivity index (χ2v) is 13.3. The lowest BCUT2D eigenvalue weighted by Gasteiger charge is -2.11. The first kappa shape index (κ1) is 30.2. The quantitative estimate of drug-likeness (QED) is 0.144. The van der Waals surface area contributed by atoms with E-state index in [9.17, 15) is 27.4 Å². The molecule has 1 fully saturated rings. The summed E-state index contributed by atoms with van der Waals surface area (Å²) in [5.41, 5.74) is 2.87. The largest absolute Gasteiger partial charge is 0.476 e. The summed E-state index contributed by atoms with van der Waals surface area (Å²) in [4.78, 5) is 15.3. The Bertz CT molecular complexity index is 1990. The van der Waals surface area contributed by atoms with Gasteiger partial charge < -0.3 is 5.11 Å². The summed E-state index contributed by atoms with van der Waals surface area (Å²) in [6.07, 6.45) is 2.64. The van der Waals surface area contributed by atoms with Gasteiger partial charge in [0, 0.05) is 34.6 Å². The van der Waals surface area contributed by atoms with Gasteiger partial charge in [-0.25, -0.2) is 27.6 Å². The molecule has 2 heterocycles. The van der Waals surface area contributed by atoms with E-state index < -0.39 is 38.7 Å². The molecule has 2 aromatic heterocycles. The van der Waals surface area contributed by atoms with E-state index in [0.29, 0.717) is 45.5 Å². The van der Waals surface area contributed by atoms with Crippen LogP contribution in [0.2, 0.25) is 5.02 Å². The van der Waals surface area contributed by atoms with Crippen molar-refractivity contribution < 1.29 is 31.8 Å². The number of halogens is 4. The fourth-order valence-electron chi connectivity index (χ4n) is 4.98. The maximum absolute atomic E-state index is 15.1. The molecule has 6 rings (SSSR count). The number of thiazole rings is 1. The predicted octanol–water partition coefficient (Wildman–Crippen LogP) is 7.18. The van der Waals surface area contributed by atoms with Gasteiger partial charge in [0.2, 0.25) is 10.0 Å². The van der Waals surface area contributed by atoms with Crippen LogP contribution in [0.15, 0.2) is 64.9 Å². The number of hydrogen-bond donors (Lipinski definition) is 3. The van der Waals surface area contributed by atoms with E-state index in [2.05, 4.69) is 4.98 Å². The molecule has 0 saturated heterocycles. The first-order valence-corrected chi connectivity index (χ1v) is 16.1. The van der Waals surface area contributed by atoms with Crippen LogP contribution in [0, 0.1) is 23.4 Å². The lowest BCUT2D eigenvalue weighted by molar-refractivity contribution is 0.0691. The molecule has 5 aromatic rings. The van der Waals surface area contributed by atoms with Crippen LogP contribution in [0.4, 0.5) is 13.2 Å². The van der Waals surface area contributed by atoms with Gasteiger partial charge in [0.05, 0.1) is 16.4 Å². The van der Waals surface area contributed by atoms with E-state index in [0.717, 1.165) is 42.4 Å². The molecule has 8 nitrogen and oxygen atoms in total. The number of carboxylic acids is 1. The van der Waals surface area contributed by atoms with Gasteiger partial charge in [-0.3, -0.25) is 0 Å². The predicted molar refractivity (Wildman–Crippen MR) is 161 cm³/mol. The van der Waals surface area contributed by atoms with E-state index in [4.69, 9.17) is 21.8 Å². The molecule has 3 aromatic carbocycles. The molecule has 4 N–H and O–H groups in total. The van der Waals surface area contributed by atoms with Crippen molar-refractivity contribution in [3.63, 3.8) is 0 Å². The monoisotopic (exact) mass is 659 g/mol. The minimum atomic E-state index is -4.03. The summed E-state index contributed by atoms with van der Waals surface area (Å²) >= 11 is 6.93.